The van der Waals surface area contributed by atoms with E-state index in [1.165, 1.54) is 26.0 Å². The smallest absolute Gasteiger partial charge is 0.481 e. The number of allylic oxidation sites excluding steroid dienone is 1. The first-order valence-electron chi connectivity index (χ1n) is 16.3. The second-order valence-corrected chi connectivity index (χ2v) is 18.0. The van der Waals surface area contributed by atoms with Crippen LogP contribution < -0.4 is 16.4 Å². The largest absolute Gasteiger partial charge is 0.481 e. The van der Waals surface area contributed by atoms with Crippen LogP contribution in [0.5, 0.6) is 0 Å². The Labute approximate surface area is 327 Å². The van der Waals surface area contributed by atoms with Gasteiger partial charge in [0.15, 0.2) is 22.8 Å². The van der Waals surface area contributed by atoms with Crippen molar-refractivity contribution in [3.8, 4) is 0 Å². The van der Waals surface area contributed by atoms with Crippen LogP contribution in [0.4, 0.5) is 5.82 Å². The van der Waals surface area contributed by atoms with Crippen LogP contribution in [-0.2, 0) is 55.5 Å². The predicted molar refractivity (Wildman–Crippen MR) is 193 cm³/mol. The Hall–Kier alpha value is -3.23. The van der Waals surface area contributed by atoms with Crippen molar-refractivity contribution in [3.05, 3.63) is 24.8 Å². The lowest BCUT2D eigenvalue weighted by Crippen LogP contribution is -2.46. The van der Waals surface area contributed by atoms with E-state index < -0.39 is 90.5 Å². The summed E-state index contributed by atoms with van der Waals surface area (Å²) in [5, 5.41) is 34.6. The number of rotatable bonds is 23. The van der Waals surface area contributed by atoms with Crippen molar-refractivity contribution in [1.82, 2.24) is 30.2 Å². The second kappa shape index (κ2) is 20.6. The van der Waals surface area contributed by atoms with E-state index in [4.69, 9.17) is 24.6 Å². The number of nitrogen functional groups attached to an aromatic ring is 1. The van der Waals surface area contributed by atoms with Crippen LogP contribution in [0, 0.1) is 5.41 Å². The molecule has 57 heavy (non-hydrogen) atoms. The summed E-state index contributed by atoms with van der Waals surface area (Å²) >= 11 is 0.930. The maximum absolute atomic E-state index is 12.7. The minimum atomic E-state index is -5.59. The molecule has 0 spiro atoms. The highest BCUT2D eigenvalue weighted by atomic mass is 32.2. The highest BCUT2D eigenvalue weighted by Crippen LogP contribution is 2.61. The number of fused-ring (bicyclic) bond motifs is 1. The minimum absolute atomic E-state index is 0.0203. The summed E-state index contributed by atoms with van der Waals surface area (Å²) in [6.45, 7) is 0.271. The molecule has 0 saturated carbocycles. The van der Waals surface area contributed by atoms with Gasteiger partial charge in [-0.2, -0.15) is 4.31 Å². The third-order valence-corrected chi connectivity index (χ3v) is 11.5. The van der Waals surface area contributed by atoms with Gasteiger partial charge in [-0.3, -0.25) is 37.3 Å². The second-order valence-electron chi connectivity index (χ2n) is 12.6. The first kappa shape index (κ1) is 48.1. The average molecular weight is 894 g/mol. The number of nitrogens with two attached hydrogens (primary N) is 1. The van der Waals surface area contributed by atoms with Gasteiger partial charge in [0.1, 0.15) is 36.3 Å². The maximum atomic E-state index is 12.7. The van der Waals surface area contributed by atoms with Gasteiger partial charge in [-0.15, -0.1) is 0 Å². The number of carbonyl (C=O) groups is 4. The molecule has 0 bridgehead atoms. The molecule has 7 atom stereocenters. The number of amides is 2. The number of aliphatic hydroxyl groups is 2. The van der Waals surface area contributed by atoms with E-state index in [9.17, 15) is 62.7 Å². The molecule has 0 radical (unpaired) electrons. The van der Waals surface area contributed by atoms with E-state index in [-0.39, 0.29) is 60.2 Å². The SMILES string of the molecule is CC(C)(COP(=O)(O)OP(=O)(O)OC[C@H]1O[C@@H](n2cnc3c(N)ncnc32)[C@H](O)[C@@H]1OP(=O)(O)O)[C@@H](O)C(=O)NCCC(=O)NCCSC(=O)C/C=C/CC(=O)O. The third kappa shape index (κ3) is 15.5. The first-order chi connectivity index (χ1) is 26.4. The fourth-order valence-electron chi connectivity index (χ4n) is 4.72. The molecular weight excluding hydrogens is 851 g/mol. The summed E-state index contributed by atoms with van der Waals surface area (Å²) in [6.07, 6.45) is -4.48. The fourth-order valence-corrected chi connectivity index (χ4v) is 8.19. The van der Waals surface area contributed by atoms with Crippen LogP contribution >= 0.6 is 35.2 Å². The summed E-state index contributed by atoms with van der Waals surface area (Å²) in [7, 11) is -16.4. The normalized spacial score (nSPS) is 21.5. The molecule has 2 amide bonds. The third-order valence-electron chi connectivity index (χ3n) is 7.51. The molecular formula is C27H42N7O19P3S. The Morgan fingerprint density at radius 3 is 2.37 bits per heavy atom. The zero-order valence-corrected chi connectivity index (χ0v) is 33.5. The number of carboxylic acid groups (broad SMARTS) is 1. The van der Waals surface area contributed by atoms with Crippen molar-refractivity contribution in [2.75, 3.05) is 37.8 Å². The molecule has 1 aliphatic rings. The van der Waals surface area contributed by atoms with Crippen molar-refractivity contribution in [1.29, 1.82) is 0 Å². The van der Waals surface area contributed by atoms with Gasteiger partial charge in [0.25, 0.3) is 0 Å². The zero-order chi connectivity index (χ0) is 42.8. The number of carboxylic acids is 1. The molecule has 1 aliphatic heterocycles. The van der Waals surface area contributed by atoms with Gasteiger partial charge < -0.3 is 56.0 Å². The Morgan fingerprint density at radius 2 is 1.70 bits per heavy atom. The number of phosphoric acid groups is 3. The number of nitrogens with zero attached hydrogens (tertiary/aromatic N) is 4. The molecule has 30 heteroatoms. The molecule has 0 aromatic carbocycles. The van der Waals surface area contributed by atoms with Gasteiger partial charge in [-0.1, -0.05) is 37.8 Å². The number of thioether (sulfide) groups is 1. The number of hydrogen-bond acceptors (Lipinski definition) is 19. The van der Waals surface area contributed by atoms with E-state index >= 15 is 0 Å². The topological polar surface area (TPSA) is 401 Å². The quantitative estimate of drug-likeness (QED) is 0.0366. The number of imidazole rings is 1. The molecule has 2 aromatic rings. The number of phosphoric ester groups is 3. The average Bonchev–Trinajstić information content (AvgIpc) is 3.66. The summed E-state index contributed by atoms with van der Waals surface area (Å²) in [5.41, 5.74) is 4.21. The molecule has 0 aliphatic carbocycles. The number of aliphatic hydroxyl groups excluding tert-OH is 2. The molecule has 11 N–H and O–H groups in total. The molecule has 26 nitrogen and oxygen atoms in total. The van der Waals surface area contributed by atoms with E-state index in [2.05, 4.69) is 34.4 Å². The number of carbonyl (C=O) groups excluding carboxylic acids is 3. The Kier molecular flexibility index (Phi) is 17.4. The first-order valence-corrected chi connectivity index (χ1v) is 21.8. The summed E-state index contributed by atoms with van der Waals surface area (Å²) < 4.78 is 62.0. The van der Waals surface area contributed by atoms with Crippen molar-refractivity contribution in [2.24, 2.45) is 5.41 Å². The Morgan fingerprint density at radius 1 is 1.04 bits per heavy atom. The van der Waals surface area contributed by atoms with Crippen molar-refractivity contribution >= 4 is 75.1 Å². The van der Waals surface area contributed by atoms with E-state index in [0.717, 1.165) is 29.0 Å². The molecule has 3 heterocycles. The van der Waals surface area contributed by atoms with E-state index in [1.54, 1.807) is 0 Å². The molecule has 3 rings (SSSR count). The van der Waals surface area contributed by atoms with Crippen LogP contribution in [0.15, 0.2) is 24.8 Å². The van der Waals surface area contributed by atoms with Crippen molar-refractivity contribution in [2.45, 2.75) is 63.8 Å². The predicted octanol–water partition coefficient (Wildman–Crippen LogP) is -0.914. The number of aromatic nitrogens is 4. The lowest BCUT2D eigenvalue weighted by Gasteiger charge is -2.30. The van der Waals surface area contributed by atoms with Crippen LogP contribution in [0.3, 0.4) is 0 Å². The van der Waals surface area contributed by atoms with Gasteiger partial charge >= 0.3 is 29.4 Å². The fraction of sp³-hybridized carbons (Fsp3) is 0.593. The van der Waals surface area contributed by atoms with Gasteiger partial charge in [-0.05, 0) is 0 Å². The Balaban J connectivity index is 1.46. The van der Waals surface area contributed by atoms with Crippen LogP contribution in [0.2, 0.25) is 0 Å². The van der Waals surface area contributed by atoms with Gasteiger partial charge in [0, 0.05) is 37.1 Å². The zero-order valence-electron chi connectivity index (χ0n) is 30.0. The van der Waals surface area contributed by atoms with E-state index in [1.807, 2.05) is 0 Å². The highest BCUT2D eigenvalue weighted by molar-refractivity contribution is 8.13. The lowest BCUT2D eigenvalue weighted by atomic mass is 9.87. The molecule has 1 fully saturated rings. The van der Waals surface area contributed by atoms with Gasteiger partial charge in [0.2, 0.25) is 11.8 Å². The van der Waals surface area contributed by atoms with E-state index in [0.29, 0.717) is 0 Å². The summed E-state index contributed by atoms with van der Waals surface area (Å²) in [6, 6.07) is 0. The number of anilines is 1. The van der Waals surface area contributed by atoms with Gasteiger partial charge in [-0.25, -0.2) is 28.6 Å². The molecule has 2 aromatic heterocycles. The monoisotopic (exact) mass is 893 g/mol. The Bertz CT molecular complexity index is 1930. The number of ether oxygens (including phenoxy) is 1. The minimum Gasteiger partial charge on any atom is -0.481 e. The summed E-state index contributed by atoms with van der Waals surface area (Å²) in [4.78, 5) is 97.7. The molecule has 320 valence electrons. The number of nitrogens with one attached hydrogen (secondary N) is 2. The van der Waals surface area contributed by atoms with Gasteiger partial charge in [0.05, 0.1) is 26.0 Å². The highest BCUT2D eigenvalue weighted by Gasteiger charge is 2.50. The number of aliphatic carboxylic acids is 1. The summed E-state index contributed by atoms with van der Waals surface area (Å²) in [5.74, 6) is -2.35. The van der Waals surface area contributed by atoms with Crippen LogP contribution in [0.1, 0.15) is 39.3 Å². The van der Waals surface area contributed by atoms with Crippen molar-refractivity contribution < 1.29 is 90.4 Å². The lowest BCUT2D eigenvalue weighted by molar-refractivity contribution is -0.137. The standard InChI is InChI=1S/C27H42N7O19P3S/c1-27(2,22(40)25(41)30-8-7-16(35)29-9-10-57-18(38)6-4-3-5-17(36)37)12-50-56(47,48)53-55(45,46)49-11-15-21(52-54(42,43)44)20(39)26(51-15)34-14-33-19-23(28)31-13-32-24(19)34/h3-4,13-15,20-22,26,39-40H,5-12H2,1-2H3,(H,29,35)(H,30,41)(H,36,37)(H,45,46)(H,47,48)(H2,28,31,32)(H2,42,43,44)/b4-3+/t15-,20-,21-,22+,26-/m1/s1. The molecule has 1 saturated heterocycles. The van der Waals surface area contributed by atoms with Crippen LogP contribution in [0.25, 0.3) is 11.2 Å². The van der Waals surface area contributed by atoms with Crippen LogP contribution in [-0.4, -0.2) is 134 Å². The maximum Gasteiger partial charge on any atom is 0.481 e. The molecule has 2 unspecified atom stereocenters. The van der Waals surface area contributed by atoms with Crippen molar-refractivity contribution in [3.63, 3.8) is 0 Å². The number of hydrogen-bond donors (Lipinski definition) is 10.